The average Bonchev–Trinajstić information content (AvgIpc) is 3.05. The van der Waals surface area contributed by atoms with Crippen molar-refractivity contribution in [1.29, 1.82) is 0 Å². The Balaban J connectivity index is 1.56. The molecule has 0 heterocycles. The lowest BCUT2D eigenvalue weighted by Gasteiger charge is -2.09. The summed E-state index contributed by atoms with van der Waals surface area (Å²) in [6.07, 6.45) is 2.31. The van der Waals surface area contributed by atoms with Crippen LogP contribution in [0.25, 0.3) is 0 Å². The van der Waals surface area contributed by atoms with E-state index in [1.807, 2.05) is 12.1 Å². The largest absolute Gasteiger partial charge is 0.348 e. The van der Waals surface area contributed by atoms with E-state index in [1.54, 1.807) is 36.4 Å². The maximum Gasteiger partial charge on any atom is 0.255 e. The molecule has 6 heteroatoms. The van der Waals surface area contributed by atoms with E-state index < -0.39 is 5.92 Å². The number of carbonyl (C=O) groups excluding carboxylic acids is 4. The van der Waals surface area contributed by atoms with Gasteiger partial charge in [-0.2, -0.15) is 0 Å². The van der Waals surface area contributed by atoms with Crippen LogP contribution in [0.15, 0.2) is 61.2 Å². The molecule has 2 aromatic rings. The monoisotopic (exact) mass is 390 g/mol. The second-order valence-electron chi connectivity index (χ2n) is 6.96. The lowest BCUT2D eigenvalue weighted by molar-refractivity contribution is -0.127. The molecule has 1 saturated carbocycles. The molecule has 29 heavy (non-hydrogen) atoms. The Morgan fingerprint density at radius 2 is 1.52 bits per heavy atom. The van der Waals surface area contributed by atoms with E-state index in [0.29, 0.717) is 37.1 Å². The molecule has 3 rings (SSSR count). The second-order valence-corrected chi connectivity index (χ2v) is 6.96. The van der Waals surface area contributed by atoms with Crippen LogP contribution in [0, 0.1) is 5.92 Å². The highest BCUT2D eigenvalue weighted by Crippen LogP contribution is 2.23. The van der Waals surface area contributed by atoms with Crippen molar-refractivity contribution in [3.05, 3.63) is 77.9 Å². The van der Waals surface area contributed by atoms with Crippen LogP contribution in [0.4, 0.5) is 5.69 Å². The number of hydrogen-bond donors (Lipinski definition) is 2. The summed E-state index contributed by atoms with van der Waals surface area (Å²) in [5.41, 5.74) is 2.89. The molecule has 0 bridgehead atoms. The number of rotatable bonds is 7. The van der Waals surface area contributed by atoms with Gasteiger partial charge in [0.1, 0.15) is 11.6 Å². The molecule has 2 aromatic carbocycles. The van der Waals surface area contributed by atoms with Gasteiger partial charge in [-0.25, -0.2) is 0 Å². The van der Waals surface area contributed by atoms with Crippen LogP contribution in [0.3, 0.4) is 0 Å². The van der Waals surface area contributed by atoms with Crippen LogP contribution in [0.5, 0.6) is 0 Å². The summed E-state index contributed by atoms with van der Waals surface area (Å²) in [4.78, 5) is 47.1. The molecular formula is C23H22N2O4. The fourth-order valence-electron chi connectivity index (χ4n) is 3.20. The summed E-state index contributed by atoms with van der Waals surface area (Å²) >= 11 is 0. The lowest BCUT2D eigenvalue weighted by Crippen LogP contribution is -2.20. The SMILES string of the molecule is C=CC(=O)NCc1ccc(C(=O)Nc2ccc(CC3C(=O)CCC3=O)cc2)cc1. The highest BCUT2D eigenvalue weighted by atomic mass is 16.2. The number of amides is 2. The molecule has 0 aliphatic heterocycles. The highest BCUT2D eigenvalue weighted by Gasteiger charge is 2.32. The molecule has 1 aliphatic carbocycles. The topological polar surface area (TPSA) is 92.3 Å². The average molecular weight is 390 g/mol. The number of carbonyl (C=O) groups is 4. The smallest absolute Gasteiger partial charge is 0.255 e. The maximum absolute atomic E-state index is 12.4. The molecular weight excluding hydrogens is 368 g/mol. The van der Waals surface area contributed by atoms with E-state index in [-0.39, 0.29) is 23.4 Å². The third-order valence-corrected chi connectivity index (χ3v) is 4.92. The molecule has 6 nitrogen and oxygen atoms in total. The Hall–Kier alpha value is -3.54. The van der Waals surface area contributed by atoms with Gasteiger partial charge < -0.3 is 10.6 Å². The summed E-state index contributed by atoms with van der Waals surface area (Å²) in [6, 6.07) is 14.1. The van der Waals surface area contributed by atoms with Crippen molar-refractivity contribution in [3.8, 4) is 0 Å². The van der Waals surface area contributed by atoms with E-state index in [2.05, 4.69) is 17.2 Å². The number of benzene rings is 2. The number of Topliss-reactive ketones (excluding diaryl/α,β-unsaturated/α-hetero) is 2. The van der Waals surface area contributed by atoms with Gasteiger partial charge in [0.25, 0.3) is 5.91 Å². The first-order valence-electron chi connectivity index (χ1n) is 9.41. The normalized spacial score (nSPS) is 13.9. The maximum atomic E-state index is 12.4. The Morgan fingerprint density at radius 1 is 0.931 bits per heavy atom. The first-order chi connectivity index (χ1) is 14.0. The number of hydrogen-bond acceptors (Lipinski definition) is 4. The molecule has 0 aromatic heterocycles. The Bertz CT molecular complexity index is 930. The van der Waals surface area contributed by atoms with Crippen LogP contribution in [-0.2, 0) is 27.3 Å². The molecule has 0 unspecified atom stereocenters. The standard InChI is InChI=1S/C23H22N2O4/c1-2-22(28)24-14-16-3-7-17(8-4-16)23(29)25-18-9-5-15(6-10-18)13-19-20(26)11-12-21(19)27/h2-10,19H,1,11-14H2,(H,24,28)(H,25,29). The molecule has 0 saturated heterocycles. The summed E-state index contributed by atoms with van der Waals surface area (Å²) in [5.74, 6) is -0.998. The molecule has 0 atom stereocenters. The van der Waals surface area contributed by atoms with Crippen LogP contribution >= 0.6 is 0 Å². The molecule has 2 amide bonds. The Labute approximate surface area is 169 Å². The van der Waals surface area contributed by atoms with Crippen molar-refractivity contribution < 1.29 is 19.2 Å². The van der Waals surface area contributed by atoms with Crippen LogP contribution in [0.2, 0.25) is 0 Å². The lowest BCUT2D eigenvalue weighted by atomic mass is 9.96. The first-order valence-corrected chi connectivity index (χ1v) is 9.41. The van der Waals surface area contributed by atoms with Crippen molar-refractivity contribution in [2.45, 2.75) is 25.8 Å². The van der Waals surface area contributed by atoms with Gasteiger partial charge in [0.15, 0.2) is 0 Å². The number of ketones is 2. The third kappa shape index (κ3) is 5.25. The molecule has 0 spiro atoms. The van der Waals surface area contributed by atoms with Crippen molar-refractivity contribution in [3.63, 3.8) is 0 Å². The van der Waals surface area contributed by atoms with Gasteiger partial charge in [-0.15, -0.1) is 0 Å². The van der Waals surface area contributed by atoms with Crippen molar-refractivity contribution in [1.82, 2.24) is 5.32 Å². The molecule has 1 fully saturated rings. The van der Waals surface area contributed by atoms with Gasteiger partial charge in [0.2, 0.25) is 5.91 Å². The Morgan fingerprint density at radius 3 is 2.10 bits per heavy atom. The van der Waals surface area contributed by atoms with Gasteiger partial charge in [-0.3, -0.25) is 19.2 Å². The van der Waals surface area contributed by atoms with Crippen molar-refractivity contribution in [2.24, 2.45) is 5.92 Å². The summed E-state index contributed by atoms with van der Waals surface area (Å²) < 4.78 is 0. The van der Waals surface area contributed by atoms with Crippen LogP contribution < -0.4 is 10.6 Å². The summed E-state index contributed by atoms with van der Waals surface area (Å²) in [7, 11) is 0. The zero-order chi connectivity index (χ0) is 20.8. The number of nitrogens with one attached hydrogen (secondary N) is 2. The molecule has 2 N–H and O–H groups in total. The van der Waals surface area contributed by atoms with Gasteiger partial charge >= 0.3 is 0 Å². The Kier molecular flexibility index (Phi) is 6.34. The van der Waals surface area contributed by atoms with Crippen LogP contribution in [0.1, 0.15) is 34.3 Å². The predicted molar refractivity (Wildman–Crippen MR) is 109 cm³/mol. The third-order valence-electron chi connectivity index (χ3n) is 4.92. The minimum atomic E-state index is -0.523. The molecule has 0 radical (unpaired) electrons. The van der Waals surface area contributed by atoms with Gasteiger partial charge in [-0.05, 0) is 47.9 Å². The minimum absolute atomic E-state index is 0.0138. The van der Waals surface area contributed by atoms with E-state index >= 15 is 0 Å². The summed E-state index contributed by atoms with van der Waals surface area (Å²) in [6.45, 7) is 3.75. The van der Waals surface area contributed by atoms with Gasteiger partial charge in [-0.1, -0.05) is 30.8 Å². The summed E-state index contributed by atoms with van der Waals surface area (Å²) in [5, 5.41) is 5.49. The minimum Gasteiger partial charge on any atom is -0.348 e. The fraction of sp³-hybridized carbons (Fsp3) is 0.217. The van der Waals surface area contributed by atoms with Crippen LogP contribution in [-0.4, -0.2) is 23.4 Å². The van der Waals surface area contributed by atoms with Gasteiger partial charge in [0, 0.05) is 30.6 Å². The molecule has 148 valence electrons. The predicted octanol–water partition coefficient (Wildman–Crippen LogP) is 2.83. The van der Waals surface area contributed by atoms with Crippen molar-refractivity contribution >= 4 is 29.1 Å². The first kappa shape index (κ1) is 20.2. The zero-order valence-electron chi connectivity index (χ0n) is 15.9. The number of anilines is 1. The van der Waals surface area contributed by atoms with Gasteiger partial charge in [0.05, 0.1) is 5.92 Å². The quantitative estimate of drug-likeness (QED) is 0.562. The second kappa shape index (κ2) is 9.10. The van der Waals surface area contributed by atoms with E-state index in [1.165, 1.54) is 6.08 Å². The highest BCUT2D eigenvalue weighted by molar-refractivity contribution is 6.08. The van der Waals surface area contributed by atoms with E-state index in [9.17, 15) is 19.2 Å². The van der Waals surface area contributed by atoms with Crippen molar-refractivity contribution in [2.75, 3.05) is 5.32 Å². The molecule has 1 aliphatic rings. The zero-order valence-corrected chi connectivity index (χ0v) is 15.9. The fourth-order valence-corrected chi connectivity index (χ4v) is 3.20. The van der Waals surface area contributed by atoms with E-state index in [4.69, 9.17) is 0 Å². The van der Waals surface area contributed by atoms with E-state index in [0.717, 1.165) is 11.1 Å².